The van der Waals surface area contributed by atoms with Crippen molar-refractivity contribution in [1.29, 1.82) is 0 Å². The Morgan fingerprint density at radius 3 is 1.62 bits per heavy atom. The Labute approximate surface area is 234 Å². The SMILES string of the molecule is CC1(C)c2cc(-c3ccccn3)ccc2C2c3ccc(-c4ccccn4)cc3-c3cc(-c4ccccn4)cc1c32. The van der Waals surface area contributed by atoms with Crippen LogP contribution in [0.1, 0.15) is 47.6 Å². The number of rotatable bonds is 3. The molecule has 3 aromatic carbocycles. The lowest BCUT2D eigenvalue weighted by molar-refractivity contribution is 0.602. The molecule has 6 aromatic rings. The Kier molecular flexibility index (Phi) is 4.93. The van der Waals surface area contributed by atoms with Crippen LogP contribution < -0.4 is 0 Å². The molecule has 3 heterocycles. The Balaban J connectivity index is 1.41. The summed E-state index contributed by atoms with van der Waals surface area (Å²) in [5.41, 5.74) is 15.7. The van der Waals surface area contributed by atoms with Crippen LogP contribution in [0.3, 0.4) is 0 Å². The van der Waals surface area contributed by atoms with E-state index in [9.17, 15) is 0 Å². The fourth-order valence-corrected chi connectivity index (χ4v) is 6.79. The molecular weight excluding hydrogens is 486 g/mol. The van der Waals surface area contributed by atoms with Crippen LogP contribution in [0.15, 0.2) is 122 Å². The van der Waals surface area contributed by atoms with Crippen LogP contribution in [-0.2, 0) is 5.41 Å². The molecule has 3 heteroatoms. The highest BCUT2D eigenvalue weighted by Crippen LogP contribution is 2.59. The van der Waals surface area contributed by atoms with Gasteiger partial charge in [-0.1, -0.05) is 56.3 Å². The van der Waals surface area contributed by atoms with Crippen molar-refractivity contribution in [2.24, 2.45) is 0 Å². The number of fused-ring (bicyclic) bond motifs is 5. The maximum atomic E-state index is 4.74. The number of pyridine rings is 3. The summed E-state index contributed by atoms with van der Waals surface area (Å²) in [5, 5.41) is 0. The largest absolute Gasteiger partial charge is 0.256 e. The summed E-state index contributed by atoms with van der Waals surface area (Å²) < 4.78 is 0. The van der Waals surface area contributed by atoms with Crippen LogP contribution in [0.2, 0.25) is 0 Å². The molecule has 0 amide bonds. The fraction of sp³-hybridized carbons (Fsp3) is 0.108. The zero-order valence-electron chi connectivity index (χ0n) is 22.5. The Morgan fingerprint density at radius 1 is 0.500 bits per heavy atom. The molecule has 0 spiro atoms. The van der Waals surface area contributed by atoms with Gasteiger partial charge in [-0.15, -0.1) is 0 Å². The third-order valence-corrected chi connectivity index (χ3v) is 8.72. The Bertz CT molecular complexity index is 1910. The van der Waals surface area contributed by atoms with Gasteiger partial charge in [-0.05, 0) is 99.6 Å². The van der Waals surface area contributed by atoms with E-state index in [1.165, 1.54) is 38.9 Å². The quantitative estimate of drug-likeness (QED) is 0.237. The molecule has 3 aromatic heterocycles. The van der Waals surface area contributed by atoms with Gasteiger partial charge in [0, 0.05) is 46.6 Å². The highest BCUT2D eigenvalue weighted by molar-refractivity contribution is 5.90. The number of hydrogen-bond donors (Lipinski definition) is 0. The lowest BCUT2D eigenvalue weighted by Crippen LogP contribution is -2.29. The molecule has 3 nitrogen and oxygen atoms in total. The van der Waals surface area contributed by atoms with Crippen molar-refractivity contribution in [3.05, 3.63) is 150 Å². The van der Waals surface area contributed by atoms with E-state index in [4.69, 9.17) is 4.98 Å². The standard InChI is InChI=1S/C37H27N3/c1-37(2)30-21-24(33-10-4-7-17-39-33)13-15-27(30)35-26-14-12-23(32-9-3-6-16-38-32)19-28(26)29-20-25(22-31(37)36(29)35)34-11-5-8-18-40-34/h3-22,35H,1-2H3. The van der Waals surface area contributed by atoms with Gasteiger partial charge in [0.15, 0.2) is 0 Å². The summed E-state index contributed by atoms with van der Waals surface area (Å²) in [6, 6.07) is 36.9. The van der Waals surface area contributed by atoms with Crippen molar-refractivity contribution in [3.8, 4) is 44.9 Å². The van der Waals surface area contributed by atoms with Crippen molar-refractivity contribution in [1.82, 2.24) is 15.0 Å². The normalized spacial score (nSPS) is 15.7. The van der Waals surface area contributed by atoms with E-state index in [0.717, 1.165) is 33.8 Å². The first-order valence-corrected chi connectivity index (χ1v) is 13.8. The van der Waals surface area contributed by atoms with Crippen molar-refractivity contribution >= 4 is 0 Å². The van der Waals surface area contributed by atoms with E-state index in [2.05, 4.69) is 109 Å². The number of hydrogen-bond acceptors (Lipinski definition) is 3. The van der Waals surface area contributed by atoms with Gasteiger partial charge in [0.05, 0.1) is 17.1 Å². The van der Waals surface area contributed by atoms with Gasteiger partial charge in [0.1, 0.15) is 0 Å². The lowest BCUT2D eigenvalue weighted by atomic mass is 9.64. The molecule has 1 unspecified atom stereocenters. The molecular formula is C37H27N3. The minimum atomic E-state index is -0.197. The second-order valence-electron chi connectivity index (χ2n) is 11.3. The van der Waals surface area contributed by atoms with Crippen molar-refractivity contribution in [3.63, 3.8) is 0 Å². The molecule has 0 saturated carbocycles. The van der Waals surface area contributed by atoms with E-state index in [1.54, 1.807) is 0 Å². The third-order valence-electron chi connectivity index (χ3n) is 8.72. The van der Waals surface area contributed by atoms with Gasteiger partial charge in [0.2, 0.25) is 0 Å². The Hall–Kier alpha value is -4.89. The first-order valence-electron chi connectivity index (χ1n) is 13.8. The van der Waals surface area contributed by atoms with Crippen LogP contribution in [0.4, 0.5) is 0 Å². The molecule has 2 aliphatic carbocycles. The molecule has 0 radical (unpaired) electrons. The summed E-state index contributed by atoms with van der Waals surface area (Å²) in [7, 11) is 0. The van der Waals surface area contributed by atoms with E-state index < -0.39 is 0 Å². The van der Waals surface area contributed by atoms with Crippen LogP contribution in [-0.4, -0.2) is 15.0 Å². The number of benzene rings is 3. The first-order chi connectivity index (χ1) is 19.6. The predicted molar refractivity (Wildman–Crippen MR) is 161 cm³/mol. The summed E-state index contributed by atoms with van der Waals surface area (Å²) in [6.07, 6.45) is 5.61. The second kappa shape index (κ2) is 8.56. The van der Waals surface area contributed by atoms with Gasteiger partial charge < -0.3 is 0 Å². The maximum absolute atomic E-state index is 4.74. The van der Waals surface area contributed by atoms with E-state index in [-0.39, 0.29) is 11.3 Å². The molecule has 8 rings (SSSR count). The predicted octanol–water partition coefficient (Wildman–Crippen LogP) is 8.67. The fourth-order valence-electron chi connectivity index (χ4n) is 6.79. The third kappa shape index (κ3) is 3.34. The molecule has 0 fully saturated rings. The van der Waals surface area contributed by atoms with Crippen LogP contribution in [0.25, 0.3) is 44.9 Å². The summed E-state index contributed by atoms with van der Waals surface area (Å²) in [5.74, 6) is 0.191. The van der Waals surface area contributed by atoms with Crippen LogP contribution in [0.5, 0.6) is 0 Å². The van der Waals surface area contributed by atoms with Gasteiger partial charge >= 0.3 is 0 Å². The lowest BCUT2D eigenvalue weighted by Gasteiger charge is -2.39. The summed E-state index contributed by atoms with van der Waals surface area (Å²) in [6.45, 7) is 4.73. The highest BCUT2D eigenvalue weighted by Gasteiger charge is 2.44. The first kappa shape index (κ1) is 23.0. The Morgan fingerprint density at radius 2 is 1.02 bits per heavy atom. The second-order valence-corrected chi connectivity index (χ2v) is 11.3. The summed E-state index contributed by atoms with van der Waals surface area (Å²) >= 11 is 0. The van der Waals surface area contributed by atoms with Gasteiger partial charge in [-0.25, -0.2) is 0 Å². The van der Waals surface area contributed by atoms with Gasteiger partial charge in [-0.2, -0.15) is 0 Å². The zero-order chi connectivity index (χ0) is 26.8. The van der Waals surface area contributed by atoms with Crippen molar-refractivity contribution in [2.75, 3.05) is 0 Å². The van der Waals surface area contributed by atoms with E-state index >= 15 is 0 Å². The minimum absolute atomic E-state index is 0.191. The number of nitrogens with zero attached hydrogens (tertiary/aromatic N) is 3. The summed E-state index contributed by atoms with van der Waals surface area (Å²) in [4.78, 5) is 14.0. The smallest absolute Gasteiger partial charge is 0.0702 e. The molecule has 40 heavy (non-hydrogen) atoms. The maximum Gasteiger partial charge on any atom is 0.0702 e. The topological polar surface area (TPSA) is 38.7 Å². The molecule has 0 bridgehead atoms. The van der Waals surface area contributed by atoms with Crippen molar-refractivity contribution in [2.45, 2.75) is 25.2 Å². The van der Waals surface area contributed by atoms with E-state index in [1.807, 2.05) is 36.8 Å². The highest BCUT2D eigenvalue weighted by atomic mass is 14.7. The minimum Gasteiger partial charge on any atom is -0.256 e. The molecule has 0 saturated heterocycles. The molecule has 190 valence electrons. The average molecular weight is 514 g/mol. The van der Waals surface area contributed by atoms with Gasteiger partial charge in [-0.3, -0.25) is 15.0 Å². The molecule has 0 aliphatic heterocycles. The zero-order valence-corrected chi connectivity index (χ0v) is 22.5. The van der Waals surface area contributed by atoms with Crippen molar-refractivity contribution < 1.29 is 0 Å². The van der Waals surface area contributed by atoms with Crippen LogP contribution >= 0.6 is 0 Å². The molecule has 0 N–H and O–H groups in total. The van der Waals surface area contributed by atoms with Gasteiger partial charge in [0.25, 0.3) is 0 Å². The van der Waals surface area contributed by atoms with E-state index in [0.29, 0.717) is 0 Å². The molecule has 1 atom stereocenters. The van der Waals surface area contributed by atoms with Crippen LogP contribution in [0, 0.1) is 0 Å². The monoisotopic (exact) mass is 513 g/mol. The average Bonchev–Trinajstić information content (AvgIpc) is 3.34. The number of aromatic nitrogens is 3. The molecule has 2 aliphatic rings.